The van der Waals surface area contributed by atoms with Crippen molar-refractivity contribution in [1.82, 2.24) is 0 Å². The molecule has 0 fully saturated rings. The fourth-order valence-corrected chi connectivity index (χ4v) is 4.15. The van der Waals surface area contributed by atoms with Crippen LogP contribution in [0, 0.1) is 11.3 Å². The number of benzene rings is 3. The van der Waals surface area contributed by atoms with Crippen LogP contribution in [0.1, 0.15) is 5.56 Å². The summed E-state index contributed by atoms with van der Waals surface area (Å²) in [5, 5.41) is 11.9. The van der Waals surface area contributed by atoms with Gasteiger partial charge in [0, 0.05) is 16.4 Å². The number of nitriles is 1. The highest BCUT2D eigenvalue weighted by atomic mass is 35.5. The maximum Gasteiger partial charge on any atom is 0.262 e. The summed E-state index contributed by atoms with van der Waals surface area (Å²) in [6.07, 6.45) is 0.288. The number of carbonyl (C=O) groups is 1. The molecule has 0 radical (unpaired) electrons. The lowest BCUT2D eigenvalue weighted by Crippen LogP contribution is -2.20. The summed E-state index contributed by atoms with van der Waals surface area (Å²) in [5.41, 5.74) is 1.75. The van der Waals surface area contributed by atoms with Crippen molar-refractivity contribution in [3.05, 3.63) is 82.3 Å². The van der Waals surface area contributed by atoms with E-state index in [2.05, 4.69) is 10.0 Å². The Hall–Kier alpha value is -3.25. The fraction of sp³-hybridized carbons (Fsp3) is 0.0909. The van der Waals surface area contributed by atoms with Gasteiger partial charge in [-0.25, -0.2) is 8.42 Å². The molecule has 0 atom stereocenters. The summed E-state index contributed by atoms with van der Waals surface area (Å²) < 4.78 is 33.0. The number of ether oxygens (including phenoxy) is 1. The summed E-state index contributed by atoms with van der Waals surface area (Å²) in [4.78, 5) is 12.1. The molecule has 1 amide bonds. The van der Waals surface area contributed by atoms with Crippen molar-refractivity contribution >= 4 is 50.5 Å². The van der Waals surface area contributed by atoms with Crippen LogP contribution in [-0.4, -0.2) is 20.9 Å². The van der Waals surface area contributed by atoms with Crippen molar-refractivity contribution in [2.75, 3.05) is 16.6 Å². The topological polar surface area (TPSA) is 108 Å². The van der Waals surface area contributed by atoms with Crippen LogP contribution in [0.5, 0.6) is 5.75 Å². The number of anilines is 2. The second-order valence-corrected chi connectivity index (χ2v) is 9.10. The second-order valence-electron chi connectivity index (χ2n) is 6.57. The van der Waals surface area contributed by atoms with Crippen LogP contribution in [0.4, 0.5) is 11.4 Å². The standard InChI is InChI=1S/C22H17Cl2N3O4S/c23-16-3-7-18(8-4-16)27-32(29,30)19-9-10-21(20(24)13-19)31-14-22(28)26-17-5-1-15(2-6-17)11-12-25/h1-10,13,27H,11,14H2,(H,26,28). The van der Waals surface area contributed by atoms with Gasteiger partial charge in [0.05, 0.1) is 22.4 Å². The molecule has 0 saturated carbocycles. The van der Waals surface area contributed by atoms with Gasteiger partial charge in [0.1, 0.15) is 5.75 Å². The van der Waals surface area contributed by atoms with Crippen LogP contribution in [0.3, 0.4) is 0 Å². The Balaban J connectivity index is 1.60. The van der Waals surface area contributed by atoms with Crippen molar-refractivity contribution < 1.29 is 17.9 Å². The predicted octanol–water partition coefficient (Wildman–Crippen LogP) is 4.88. The number of sulfonamides is 1. The SMILES string of the molecule is N#CCc1ccc(NC(=O)COc2ccc(S(=O)(=O)Nc3ccc(Cl)cc3)cc2Cl)cc1. The van der Waals surface area contributed by atoms with Crippen LogP contribution in [-0.2, 0) is 21.2 Å². The summed E-state index contributed by atoms with van der Waals surface area (Å²) >= 11 is 12.0. The van der Waals surface area contributed by atoms with Gasteiger partial charge in [0.25, 0.3) is 15.9 Å². The zero-order valence-electron chi connectivity index (χ0n) is 16.5. The van der Waals surface area contributed by atoms with Crippen LogP contribution in [0.2, 0.25) is 10.0 Å². The average Bonchev–Trinajstić information content (AvgIpc) is 2.76. The third kappa shape index (κ3) is 6.37. The number of amides is 1. The summed E-state index contributed by atoms with van der Waals surface area (Å²) in [6.45, 7) is -0.325. The first-order chi connectivity index (χ1) is 15.3. The molecule has 10 heteroatoms. The minimum absolute atomic E-state index is 0.0395. The molecule has 0 unspecified atom stereocenters. The van der Waals surface area contributed by atoms with Gasteiger partial charge in [-0.3, -0.25) is 9.52 Å². The molecule has 0 heterocycles. The third-order valence-corrected chi connectivity index (χ3v) is 6.12. The lowest BCUT2D eigenvalue weighted by molar-refractivity contribution is -0.118. The fourth-order valence-electron chi connectivity index (χ4n) is 2.64. The maximum atomic E-state index is 12.6. The molecule has 3 aromatic rings. The zero-order valence-corrected chi connectivity index (χ0v) is 18.8. The Morgan fingerprint density at radius 3 is 2.25 bits per heavy atom. The van der Waals surface area contributed by atoms with E-state index in [1.807, 2.05) is 6.07 Å². The van der Waals surface area contributed by atoms with Gasteiger partial charge in [-0.05, 0) is 60.2 Å². The zero-order chi connectivity index (χ0) is 23.1. The van der Waals surface area contributed by atoms with Crippen molar-refractivity contribution in [2.24, 2.45) is 0 Å². The van der Waals surface area contributed by atoms with Crippen LogP contribution in [0.15, 0.2) is 71.6 Å². The predicted molar refractivity (Wildman–Crippen MR) is 124 cm³/mol. The van der Waals surface area contributed by atoms with Gasteiger partial charge in [0.15, 0.2) is 6.61 Å². The number of halogens is 2. The number of nitrogens with zero attached hydrogens (tertiary/aromatic N) is 1. The van der Waals surface area contributed by atoms with Crippen molar-refractivity contribution in [2.45, 2.75) is 11.3 Å². The summed E-state index contributed by atoms with van der Waals surface area (Å²) in [6, 6.07) is 19.0. The first kappa shape index (κ1) is 23.4. The number of carbonyl (C=O) groups excluding carboxylic acids is 1. The largest absolute Gasteiger partial charge is 0.482 e. The molecule has 0 bridgehead atoms. The number of hydrogen-bond donors (Lipinski definition) is 2. The van der Waals surface area contributed by atoms with E-state index in [1.54, 1.807) is 36.4 Å². The van der Waals surface area contributed by atoms with Crippen molar-refractivity contribution in [3.63, 3.8) is 0 Å². The smallest absolute Gasteiger partial charge is 0.262 e. The molecule has 3 aromatic carbocycles. The van der Waals surface area contributed by atoms with Gasteiger partial charge >= 0.3 is 0 Å². The average molecular weight is 490 g/mol. The Morgan fingerprint density at radius 1 is 0.969 bits per heavy atom. The normalized spacial score (nSPS) is 10.8. The number of rotatable bonds is 8. The van der Waals surface area contributed by atoms with Gasteiger partial charge in [0.2, 0.25) is 0 Å². The molecule has 3 rings (SSSR count). The lowest BCUT2D eigenvalue weighted by Gasteiger charge is -2.12. The molecule has 164 valence electrons. The number of hydrogen-bond acceptors (Lipinski definition) is 5. The highest BCUT2D eigenvalue weighted by Crippen LogP contribution is 2.28. The molecule has 0 spiro atoms. The summed E-state index contributed by atoms with van der Waals surface area (Å²) in [5.74, 6) is -0.258. The van der Waals surface area contributed by atoms with Crippen LogP contribution >= 0.6 is 23.2 Å². The monoisotopic (exact) mass is 489 g/mol. The minimum atomic E-state index is -3.88. The van der Waals surface area contributed by atoms with Gasteiger partial charge in [-0.15, -0.1) is 0 Å². The minimum Gasteiger partial charge on any atom is -0.482 e. The Morgan fingerprint density at radius 2 is 1.62 bits per heavy atom. The van der Waals surface area contributed by atoms with E-state index in [-0.39, 0.29) is 28.7 Å². The second kappa shape index (κ2) is 10.4. The first-order valence-corrected chi connectivity index (χ1v) is 11.5. The lowest BCUT2D eigenvalue weighted by atomic mass is 10.1. The van der Waals surface area contributed by atoms with E-state index in [9.17, 15) is 13.2 Å². The molecule has 0 aliphatic rings. The van der Waals surface area contributed by atoms with Crippen molar-refractivity contribution in [3.8, 4) is 11.8 Å². The molecular weight excluding hydrogens is 473 g/mol. The Kier molecular flexibility index (Phi) is 7.59. The first-order valence-electron chi connectivity index (χ1n) is 9.23. The highest BCUT2D eigenvalue weighted by molar-refractivity contribution is 7.92. The van der Waals surface area contributed by atoms with Crippen LogP contribution in [0.25, 0.3) is 0 Å². The molecule has 0 saturated heterocycles. The number of nitrogens with one attached hydrogen (secondary N) is 2. The van der Waals surface area contributed by atoms with E-state index >= 15 is 0 Å². The van der Waals surface area contributed by atoms with E-state index in [0.717, 1.165) is 5.56 Å². The van der Waals surface area contributed by atoms with Crippen molar-refractivity contribution in [1.29, 1.82) is 5.26 Å². The molecule has 0 aliphatic carbocycles. The van der Waals surface area contributed by atoms with E-state index in [1.165, 1.54) is 30.3 Å². The molecule has 32 heavy (non-hydrogen) atoms. The summed E-state index contributed by atoms with van der Waals surface area (Å²) in [7, 11) is -3.88. The molecule has 2 N–H and O–H groups in total. The quantitative estimate of drug-likeness (QED) is 0.468. The van der Waals surface area contributed by atoms with Gasteiger partial charge < -0.3 is 10.1 Å². The molecule has 0 aliphatic heterocycles. The Bertz CT molecular complexity index is 1260. The third-order valence-electron chi connectivity index (χ3n) is 4.19. The highest BCUT2D eigenvalue weighted by Gasteiger charge is 2.17. The van der Waals surface area contributed by atoms with Gasteiger partial charge in [-0.1, -0.05) is 35.3 Å². The molecule has 0 aromatic heterocycles. The Labute approximate surface area is 195 Å². The van der Waals surface area contributed by atoms with Crippen LogP contribution < -0.4 is 14.8 Å². The van der Waals surface area contributed by atoms with E-state index < -0.39 is 15.9 Å². The maximum absolute atomic E-state index is 12.6. The molecule has 7 nitrogen and oxygen atoms in total. The van der Waals surface area contributed by atoms with Gasteiger partial charge in [-0.2, -0.15) is 5.26 Å². The molecular formula is C22H17Cl2N3O4S. The van der Waals surface area contributed by atoms with E-state index in [4.69, 9.17) is 33.2 Å². The van der Waals surface area contributed by atoms with E-state index in [0.29, 0.717) is 16.4 Å².